The molecule has 2 aromatic carbocycles. The van der Waals surface area contributed by atoms with E-state index in [4.69, 9.17) is 4.74 Å². The van der Waals surface area contributed by atoms with Gasteiger partial charge < -0.3 is 10.1 Å². The normalized spacial score (nSPS) is 11.4. The van der Waals surface area contributed by atoms with E-state index in [0.29, 0.717) is 24.6 Å². The standard InChI is InChI=1S/C25H28Br2N2O2S/c1-5-21-23(16-8-11-18(26)12-9-16)29-24(32-21)28-22(30)7-6-14-31-20-13-10-17(15-19(20)27)25(2,3)4/h8-13,15H,5-7,14H2,1-4H3,(H,28,29,30). The van der Waals surface area contributed by atoms with Crippen molar-refractivity contribution in [3.05, 3.63) is 61.9 Å². The van der Waals surface area contributed by atoms with E-state index in [2.05, 4.69) is 82.0 Å². The molecule has 0 atom stereocenters. The van der Waals surface area contributed by atoms with Gasteiger partial charge in [0, 0.05) is 21.3 Å². The summed E-state index contributed by atoms with van der Waals surface area (Å²) in [6.07, 6.45) is 1.88. The molecule has 1 heterocycles. The quantitative estimate of drug-likeness (QED) is 0.275. The zero-order chi connectivity index (χ0) is 23.3. The van der Waals surface area contributed by atoms with Gasteiger partial charge in [0.05, 0.1) is 16.8 Å². The Labute approximate surface area is 211 Å². The molecule has 170 valence electrons. The number of carbonyl (C=O) groups is 1. The number of aromatic nitrogens is 1. The fraction of sp³-hybridized carbons (Fsp3) is 0.360. The molecule has 0 fully saturated rings. The van der Waals surface area contributed by atoms with Crippen LogP contribution in [0.1, 0.15) is 51.0 Å². The summed E-state index contributed by atoms with van der Waals surface area (Å²) >= 11 is 8.59. The van der Waals surface area contributed by atoms with E-state index in [9.17, 15) is 4.79 Å². The van der Waals surface area contributed by atoms with Crippen molar-refractivity contribution in [2.75, 3.05) is 11.9 Å². The van der Waals surface area contributed by atoms with Crippen LogP contribution >= 0.6 is 43.2 Å². The van der Waals surface area contributed by atoms with E-state index in [1.54, 1.807) is 0 Å². The monoisotopic (exact) mass is 578 g/mol. The molecule has 0 saturated carbocycles. The van der Waals surface area contributed by atoms with Crippen LogP contribution in [0, 0.1) is 0 Å². The second kappa shape index (κ2) is 10.9. The minimum absolute atomic E-state index is 0.0468. The topological polar surface area (TPSA) is 51.2 Å². The van der Waals surface area contributed by atoms with E-state index in [0.717, 1.165) is 37.3 Å². The third-order valence-corrected chi connectivity index (χ3v) is 7.25. The number of halogens is 2. The lowest BCUT2D eigenvalue weighted by Crippen LogP contribution is -2.13. The number of benzene rings is 2. The number of hydrogen-bond donors (Lipinski definition) is 1. The molecule has 0 saturated heterocycles. The van der Waals surface area contributed by atoms with E-state index >= 15 is 0 Å². The Morgan fingerprint density at radius 1 is 1.12 bits per heavy atom. The lowest BCUT2D eigenvalue weighted by atomic mass is 9.87. The van der Waals surface area contributed by atoms with Crippen molar-refractivity contribution in [3.8, 4) is 17.0 Å². The second-order valence-electron chi connectivity index (χ2n) is 8.55. The average molecular weight is 580 g/mol. The molecule has 3 aromatic rings. The van der Waals surface area contributed by atoms with Crippen molar-refractivity contribution < 1.29 is 9.53 Å². The summed E-state index contributed by atoms with van der Waals surface area (Å²) in [7, 11) is 0. The van der Waals surface area contributed by atoms with Crippen molar-refractivity contribution in [1.29, 1.82) is 0 Å². The van der Waals surface area contributed by atoms with E-state index < -0.39 is 0 Å². The maximum absolute atomic E-state index is 12.4. The number of aryl methyl sites for hydroxylation is 1. The average Bonchev–Trinajstić information content (AvgIpc) is 3.14. The first-order chi connectivity index (χ1) is 15.2. The molecule has 0 bridgehead atoms. The Hall–Kier alpha value is -1.70. The Kier molecular flexibility index (Phi) is 8.53. The Balaban J connectivity index is 1.52. The molecule has 0 aliphatic carbocycles. The van der Waals surface area contributed by atoms with Crippen LogP contribution in [0.25, 0.3) is 11.3 Å². The van der Waals surface area contributed by atoms with Gasteiger partial charge in [0.15, 0.2) is 5.13 Å². The van der Waals surface area contributed by atoms with Gasteiger partial charge in [-0.25, -0.2) is 4.98 Å². The molecular weight excluding hydrogens is 552 g/mol. The molecule has 1 N–H and O–H groups in total. The summed E-state index contributed by atoms with van der Waals surface area (Å²) in [5.74, 6) is 0.750. The minimum atomic E-state index is -0.0468. The highest BCUT2D eigenvalue weighted by atomic mass is 79.9. The molecule has 1 aromatic heterocycles. The van der Waals surface area contributed by atoms with Crippen LogP contribution in [0.4, 0.5) is 5.13 Å². The van der Waals surface area contributed by atoms with Gasteiger partial charge in [0.25, 0.3) is 0 Å². The largest absolute Gasteiger partial charge is 0.492 e. The van der Waals surface area contributed by atoms with Crippen molar-refractivity contribution in [2.24, 2.45) is 0 Å². The number of carbonyl (C=O) groups excluding carboxylic acids is 1. The molecular formula is C25H28Br2N2O2S. The van der Waals surface area contributed by atoms with Crippen molar-refractivity contribution in [2.45, 2.75) is 52.4 Å². The number of rotatable bonds is 8. The van der Waals surface area contributed by atoms with Gasteiger partial charge in [-0.3, -0.25) is 4.79 Å². The fourth-order valence-electron chi connectivity index (χ4n) is 3.16. The first-order valence-corrected chi connectivity index (χ1v) is 13.1. The summed E-state index contributed by atoms with van der Waals surface area (Å²) in [6, 6.07) is 14.2. The molecule has 0 aliphatic heterocycles. The number of hydrogen-bond acceptors (Lipinski definition) is 4. The first-order valence-electron chi connectivity index (χ1n) is 10.7. The van der Waals surface area contributed by atoms with Crippen LogP contribution in [0.2, 0.25) is 0 Å². The SMILES string of the molecule is CCc1sc(NC(=O)CCCOc2ccc(C(C)(C)C)cc2Br)nc1-c1ccc(Br)cc1. The van der Waals surface area contributed by atoms with Gasteiger partial charge in [-0.05, 0) is 64.0 Å². The van der Waals surface area contributed by atoms with Gasteiger partial charge in [-0.1, -0.05) is 61.8 Å². The number of ether oxygens (including phenoxy) is 1. The number of nitrogens with zero attached hydrogens (tertiary/aromatic N) is 1. The highest BCUT2D eigenvalue weighted by Gasteiger charge is 2.16. The highest BCUT2D eigenvalue weighted by Crippen LogP contribution is 2.33. The summed E-state index contributed by atoms with van der Waals surface area (Å²) in [6.45, 7) is 9.12. The Morgan fingerprint density at radius 3 is 2.47 bits per heavy atom. The van der Waals surface area contributed by atoms with Gasteiger partial charge in [0.1, 0.15) is 5.75 Å². The molecule has 32 heavy (non-hydrogen) atoms. The number of amides is 1. The van der Waals surface area contributed by atoms with E-state index in [1.807, 2.05) is 30.3 Å². The van der Waals surface area contributed by atoms with Gasteiger partial charge >= 0.3 is 0 Å². The molecule has 1 amide bonds. The number of anilines is 1. The zero-order valence-electron chi connectivity index (χ0n) is 18.8. The summed E-state index contributed by atoms with van der Waals surface area (Å²) in [5, 5.41) is 3.59. The van der Waals surface area contributed by atoms with Crippen molar-refractivity contribution in [3.63, 3.8) is 0 Å². The minimum Gasteiger partial charge on any atom is -0.492 e. The summed E-state index contributed by atoms with van der Waals surface area (Å²) in [5.41, 5.74) is 3.32. The predicted molar refractivity (Wildman–Crippen MR) is 141 cm³/mol. The molecule has 7 heteroatoms. The smallest absolute Gasteiger partial charge is 0.226 e. The van der Waals surface area contributed by atoms with Crippen molar-refractivity contribution >= 4 is 54.2 Å². The van der Waals surface area contributed by atoms with Gasteiger partial charge in [-0.15, -0.1) is 11.3 Å². The first kappa shape index (κ1) is 24.9. The molecule has 0 aliphatic rings. The van der Waals surface area contributed by atoms with Gasteiger partial charge in [0.2, 0.25) is 5.91 Å². The molecule has 3 rings (SSSR count). The fourth-order valence-corrected chi connectivity index (χ4v) is 4.86. The van der Waals surface area contributed by atoms with Gasteiger partial charge in [-0.2, -0.15) is 0 Å². The van der Waals surface area contributed by atoms with Crippen LogP contribution in [-0.4, -0.2) is 17.5 Å². The maximum atomic E-state index is 12.4. The summed E-state index contributed by atoms with van der Waals surface area (Å²) < 4.78 is 7.83. The Bertz CT molecular complexity index is 1070. The van der Waals surface area contributed by atoms with Crippen LogP contribution in [0.3, 0.4) is 0 Å². The third kappa shape index (κ3) is 6.65. The number of thiazole rings is 1. The van der Waals surface area contributed by atoms with Crippen LogP contribution < -0.4 is 10.1 Å². The van der Waals surface area contributed by atoms with E-state index in [-0.39, 0.29) is 11.3 Å². The predicted octanol–water partition coefficient (Wildman–Crippen LogP) is 7.99. The second-order valence-corrected chi connectivity index (χ2v) is 11.4. The Morgan fingerprint density at radius 2 is 1.84 bits per heavy atom. The van der Waals surface area contributed by atoms with Crippen LogP contribution in [0.5, 0.6) is 5.75 Å². The third-order valence-electron chi connectivity index (χ3n) is 4.99. The van der Waals surface area contributed by atoms with Crippen LogP contribution in [0.15, 0.2) is 51.4 Å². The lowest BCUT2D eigenvalue weighted by molar-refractivity contribution is -0.116. The molecule has 0 spiro atoms. The molecule has 0 unspecified atom stereocenters. The summed E-state index contributed by atoms with van der Waals surface area (Å²) in [4.78, 5) is 18.3. The van der Waals surface area contributed by atoms with E-state index in [1.165, 1.54) is 16.9 Å². The zero-order valence-corrected chi connectivity index (χ0v) is 22.8. The van der Waals surface area contributed by atoms with Crippen LogP contribution in [-0.2, 0) is 16.6 Å². The van der Waals surface area contributed by atoms with Crippen molar-refractivity contribution in [1.82, 2.24) is 4.98 Å². The number of nitrogens with one attached hydrogen (secondary N) is 1. The lowest BCUT2D eigenvalue weighted by Gasteiger charge is -2.20. The molecule has 0 radical (unpaired) electrons. The maximum Gasteiger partial charge on any atom is 0.226 e. The molecule has 4 nitrogen and oxygen atoms in total. The highest BCUT2D eigenvalue weighted by molar-refractivity contribution is 9.10.